The summed E-state index contributed by atoms with van der Waals surface area (Å²) in [7, 11) is -3.06. The minimum atomic E-state index is -3.06. The van der Waals surface area contributed by atoms with E-state index in [2.05, 4.69) is 5.32 Å². The first kappa shape index (κ1) is 10.6. The Morgan fingerprint density at radius 3 is 2.88 bits per heavy atom. The van der Waals surface area contributed by atoms with Gasteiger partial charge in [-0.1, -0.05) is 18.2 Å². The molecule has 2 aliphatic rings. The molecule has 0 amide bonds. The van der Waals surface area contributed by atoms with Crippen LogP contribution < -0.4 is 5.32 Å². The summed E-state index contributed by atoms with van der Waals surface area (Å²) in [6.45, 7) is 0.957. The van der Waals surface area contributed by atoms with Gasteiger partial charge in [0.15, 0.2) is 9.84 Å². The van der Waals surface area contributed by atoms with Gasteiger partial charge in [0.05, 0.1) is 15.5 Å². The van der Waals surface area contributed by atoms with Gasteiger partial charge in [0.1, 0.15) is 0 Å². The molecule has 0 saturated carbocycles. The highest BCUT2D eigenvalue weighted by Gasteiger charge is 2.44. The summed E-state index contributed by atoms with van der Waals surface area (Å²) >= 11 is 1.83. The molecule has 0 aliphatic carbocycles. The number of sulfone groups is 1. The largest absolute Gasteiger partial charge is 0.298 e. The van der Waals surface area contributed by atoms with E-state index in [1.807, 2.05) is 23.9 Å². The summed E-state index contributed by atoms with van der Waals surface area (Å²) in [5.41, 5.74) is 0.948. The van der Waals surface area contributed by atoms with Gasteiger partial charge in [0.2, 0.25) is 0 Å². The molecule has 1 fully saturated rings. The molecule has 1 saturated heterocycles. The highest BCUT2D eigenvalue weighted by Crippen LogP contribution is 2.46. The first-order chi connectivity index (χ1) is 7.64. The van der Waals surface area contributed by atoms with Crippen LogP contribution in [0.15, 0.2) is 29.2 Å². The molecule has 16 heavy (non-hydrogen) atoms. The van der Waals surface area contributed by atoms with Crippen LogP contribution in [0.2, 0.25) is 0 Å². The molecule has 1 spiro atoms. The van der Waals surface area contributed by atoms with Crippen LogP contribution in [0.5, 0.6) is 0 Å². The van der Waals surface area contributed by atoms with Gasteiger partial charge in [-0.05, 0) is 12.5 Å². The highest BCUT2D eigenvalue weighted by atomic mass is 32.2. The smallest absolute Gasteiger partial charge is 0.178 e. The van der Waals surface area contributed by atoms with E-state index in [4.69, 9.17) is 0 Å². The third-order valence-corrected chi connectivity index (χ3v) is 6.48. The van der Waals surface area contributed by atoms with Crippen LogP contribution in [0.4, 0.5) is 0 Å². The molecule has 2 aliphatic heterocycles. The molecule has 5 heteroatoms. The van der Waals surface area contributed by atoms with E-state index in [-0.39, 0.29) is 10.6 Å². The van der Waals surface area contributed by atoms with Crippen molar-refractivity contribution in [2.45, 2.75) is 16.2 Å². The molecule has 1 N–H and O–H groups in total. The summed E-state index contributed by atoms with van der Waals surface area (Å²) in [6.07, 6.45) is 0.678. The van der Waals surface area contributed by atoms with Crippen molar-refractivity contribution in [3.05, 3.63) is 29.8 Å². The standard InChI is InChI=1S/C11H13NO2S2/c13-16(14)8-5-11(12-6-7-15-11)9-3-1-2-4-10(9)16/h1-4,12H,5-8H2. The van der Waals surface area contributed by atoms with Crippen molar-refractivity contribution in [1.29, 1.82) is 0 Å². The van der Waals surface area contributed by atoms with Crippen molar-refractivity contribution in [2.24, 2.45) is 0 Å². The van der Waals surface area contributed by atoms with Gasteiger partial charge < -0.3 is 0 Å². The Bertz CT molecular complexity index is 519. The number of hydrogen-bond acceptors (Lipinski definition) is 4. The quantitative estimate of drug-likeness (QED) is 0.760. The molecule has 0 bridgehead atoms. The average Bonchev–Trinajstić information content (AvgIpc) is 2.75. The van der Waals surface area contributed by atoms with E-state index < -0.39 is 9.84 Å². The first-order valence-electron chi connectivity index (χ1n) is 5.35. The van der Waals surface area contributed by atoms with E-state index in [1.54, 1.807) is 12.1 Å². The second-order valence-electron chi connectivity index (χ2n) is 4.17. The van der Waals surface area contributed by atoms with Crippen molar-refractivity contribution < 1.29 is 8.42 Å². The zero-order valence-electron chi connectivity index (χ0n) is 8.77. The fourth-order valence-electron chi connectivity index (χ4n) is 2.46. The number of fused-ring (bicyclic) bond motifs is 2. The Balaban J connectivity index is 2.23. The van der Waals surface area contributed by atoms with Crippen LogP contribution in [-0.4, -0.2) is 26.5 Å². The summed E-state index contributed by atoms with van der Waals surface area (Å²) in [4.78, 5) is 0.366. The van der Waals surface area contributed by atoms with Crippen LogP contribution in [0, 0.1) is 0 Å². The molecule has 2 heterocycles. The lowest BCUT2D eigenvalue weighted by molar-refractivity contribution is 0.480. The van der Waals surface area contributed by atoms with E-state index in [1.165, 1.54) is 0 Å². The molecule has 1 aromatic carbocycles. The highest BCUT2D eigenvalue weighted by molar-refractivity contribution is 8.00. The summed E-state index contributed by atoms with van der Waals surface area (Å²) in [5, 5.41) is 3.46. The number of hydrogen-bond donors (Lipinski definition) is 1. The van der Waals surface area contributed by atoms with Crippen LogP contribution >= 0.6 is 11.8 Å². The molecule has 1 atom stereocenters. The van der Waals surface area contributed by atoms with Crippen molar-refractivity contribution >= 4 is 21.6 Å². The molecule has 3 rings (SSSR count). The van der Waals surface area contributed by atoms with Crippen LogP contribution in [-0.2, 0) is 14.7 Å². The van der Waals surface area contributed by atoms with Crippen LogP contribution in [0.1, 0.15) is 12.0 Å². The normalized spacial score (nSPS) is 31.5. The number of benzene rings is 1. The Labute approximate surface area is 99.5 Å². The molecular weight excluding hydrogens is 242 g/mol. The van der Waals surface area contributed by atoms with E-state index in [0.29, 0.717) is 11.3 Å². The minimum absolute atomic E-state index is 0.151. The fourth-order valence-corrected chi connectivity index (χ4v) is 5.65. The van der Waals surface area contributed by atoms with Crippen molar-refractivity contribution in [1.82, 2.24) is 5.32 Å². The van der Waals surface area contributed by atoms with E-state index in [9.17, 15) is 8.42 Å². The lowest BCUT2D eigenvalue weighted by atomic mass is 10.0. The van der Waals surface area contributed by atoms with Gasteiger partial charge >= 0.3 is 0 Å². The van der Waals surface area contributed by atoms with Crippen LogP contribution in [0.25, 0.3) is 0 Å². The molecular formula is C11H13NO2S2. The molecule has 0 radical (unpaired) electrons. The second kappa shape index (κ2) is 3.48. The number of rotatable bonds is 0. The molecule has 3 nitrogen and oxygen atoms in total. The zero-order chi connectivity index (χ0) is 11.2. The Hall–Kier alpha value is -0.520. The van der Waals surface area contributed by atoms with E-state index in [0.717, 1.165) is 17.9 Å². The van der Waals surface area contributed by atoms with Gasteiger partial charge in [0, 0.05) is 17.9 Å². The summed E-state index contributed by atoms with van der Waals surface area (Å²) < 4.78 is 24.0. The summed E-state index contributed by atoms with van der Waals surface area (Å²) in [6, 6.07) is 7.39. The predicted molar refractivity (Wildman–Crippen MR) is 65.3 cm³/mol. The van der Waals surface area contributed by atoms with E-state index >= 15 is 0 Å². The third-order valence-electron chi connectivity index (χ3n) is 3.24. The van der Waals surface area contributed by atoms with Crippen molar-refractivity contribution in [3.8, 4) is 0 Å². The Morgan fingerprint density at radius 2 is 2.12 bits per heavy atom. The van der Waals surface area contributed by atoms with Gasteiger partial charge in [-0.15, -0.1) is 11.8 Å². The maximum Gasteiger partial charge on any atom is 0.178 e. The fraction of sp³-hybridized carbons (Fsp3) is 0.455. The summed E-state index contributed by atoms with van der Waals surface area (Å²) in [5.74, 6) is 1.30. The monoisotopic (exact) mass is 255 g/mol. The predicted octanol–water partition coefficient (Wildman–Crippen LogP) is 1.35. The lowest BCUT2D eigenvalue weighted by Gasteiger charge is -2.34. The number of thioether (sulfide) groups is 1. The first-order valence-corrected chi connectivity index (χ1v) is 7.99. The third kappa shape index (κ3) is 1.42. The lowest BCUT2D eigenvalue weighted by Crippen LogP contribution is -2.40. The topological polar surface area (TPSA) is 46.2 Å². The van der Waals surface area contributed by atoms with Crippen LogP contribution in [0.3, 0.4) is 0 Å². The van der Waals surface area contributed by atoms with Gasteiger partial charge in [0.25, 0.3) is 0 Å². The SMILES string of the molecule is O=S1(=O)CCC2(NCCS2)c2ccccc21. The number of nitrogens with one attached hydrogen (secondary N) is 1. The van der Waals surface area contributed by atoms with Crippen molar-refractivity contribution in [3.63, 3.8) is 0 Å². The molecule has 0 aromatic heterocycles. The molecule has 1 aromatic rings. The maximum absolute atomic E-state index is 12.0. The maximum atomic E-state index is 12.0. The minimum Gasteiger partial charge on any atom is -0.298 e. The average molecular weight is 255 g/mol. The molecule has 86 valence electrons. The van der Waals surface area contributed by atoms with Gasteiger partial charge in [-0.3, -0.25) is 5.32 Å². The van der Waals surface area contributed by atoms with Gasteiger partial charge in [-0.25, -0.2) is 8.42 Å². The van der Waals surface area contributed by atoms with Gasteiger partial charge in [-0.2, -0.15) is 0 Å². The Morgan fingerprint density at radius 1 is 1.31 bits per heavy atom. The Kier molecular flexibility index (Phi) is 2.31. The zero-order valence-corrected chi connectivity index (χ0v) is 10.4. The second-order valence-corrected chi connectivity index (χ2v) is 7.64. The molecule has 1 unspecified atom stereocenters. The van der Waals surface area contributed by atoms with Crippen molar-refractivity contribution in [2.75, 3.05) is 18.1 Å².